The zero-order valence-electron chi connectivity index (χ0n) is 15.6. The fraction of sp³-hybridized carbons (Fsp3) is 0.500. The second-order valence-electron chi connectivity index (χ2n) is 8.04. The fourth-order valence-electron chi connectivity index (χ4n) is 4.73. The van der Waals surface area contributed by atoms with E-state index in [1.807, 2.05) is 53.7 Å². The highest BCUT2D eigenvalue weighted by molar-refractivity contribution is 6.30. The Balaban J connectivity index is 1.50. The summed E-state index contributed by atoms with van der Waals surface area (Å²) in [5.41, 5.74) is 0.528. The molecule has 2 aliphatic rings. The maximum Gasteiger partial charge on any atom is 0.225 e. The van der Waals surface area contributed by atoms with Crippen molar-refractivity contribution in [2.45, 2.75) is 50.2 Å². The summed E-state index contributed by atoms with van der Waals surface area (Å²) >= 11 is 6.04. The van der Waals surface area contributed by atoms with Gasteiger partial charge >= 0.3 is 0 Å². The zero-order valence-corrected chi connectivity index (χ0v) is 16.3. The summed E-state index contributed by atoms with van der Waals surface area (Å²) in [6, 6.07) is 11.7. The average Bonchev–Trinajstić information content (AvgIpc) is 3.20. The zero-order chi connectivity index (χ0) is 18.9. The molecule has 1 saturated carbocycles. The van der Waals surface area contributed by atoms with Crippen LogP contribution in [0.4, 0.5) is 0 Å². The lowest BCUT2D eigenvalue weighted by atomic mass is 9.71. The highest BCUT2D eigenvalue weighted by Gasteiger charge is 2.43. The minimum absolute atomic E-state index is 0.0445. The number of aromatic nitrogens is 1. The van der Waals surface area contributed by atoms with Gasteiger partial charge in [-0.1, -0.05) is 36.6 Å². The first-order valence-electron chi connectivity index (χ1n) is 9.93. The van der Waals surface area contributed by atoms with Crippen LogP contribution < -0.4 is 0 Å². The second kappa shape index (κ2) is 7.69. The Kier molecular flexibility index (Phi) is 5.29. The van der Waals surface area contributed by atoms with E-state index in [1.54, 1.807) is 0 Å². The van der Waals surface area contributed by atoms with Crippen molar-refractivity contribution >= 4 is 17.5 Å². The number of rotatable bonds is 4. The molecule has 3 atom stereocenters. The van der Waals surface area contributed by atoms with Gasteiger partial charge in [-0.05, 0) is 49.1 Å². The molecular weight excluding hydrogens is 360 g/mol. The third-order valence-corrected chi connectivity index (χ3v) is 6.64. The number of aliphatic hydroxyl groups is 1. The maximum absolute atomic E-state index is 13.1. The first-order valence-corrected chi connectivity index (χ1v) is 10.3. The quantitative estimate of drug-likeness (QED) is 0.852. The number of benzene rings is 1. The summed E-state index contributed by atoms with van der Waals surface area (Å²) in [7, 11) is 0. The predicted molar refractivity (Wildman–Crippen MR) is 107 cm³/mol. The summed E-state index contributed by atoms with van der Waals surface area (Å²) in [6.45, 7) is 1.35. The molecule has 1 aromatic carbocycles. The molecule has 0 spiro atoms. The summed E-state index contributed by atoms with van der Waals surface area (Å²) < 4.78 is 2.09. The second-order valence-corrected chi connectivity index (χ2v) is 8.47. The largest absolute Gasteiger partial charge is 0.389 e. The smallest absolute Gasteiger partial charge is 0.225 e. The van der Waals surface area contributed by atoms with Crippen molar-refractivity contribution in [2.75, 3.05) is 13.1 Å². The van der Waals surface area contributed by atoms with Crippen LogP contribution in [-0.2, 0) is 4.79 Å². The van der Waals surface area contributed by atoms with Crippen LogP contribution in [0.2, 0.25) is 5.02 Å². The van der Waals surface area contributed by atoms with E-state index >= 15 is 0 Å². The van der Waals surface area contributed by atoms with E-state index in [1.165, 1.54) is 0 Å². The normalized spacial score (nSPS) is 26.4. The molecule has 2 fully saturated rings. The van der Waals surface area contributed by atoms with Gasteiger partial charge in [0.25, 0.3) is 0 Å². The van der Waals surface area contributed by atoms with Crippen molar-refractivity contribution in [1.82, 2.24) is 9.47 Å². The molecule has 0 unspecified atom stereocenters. The maximum atomic E-state index is 13.1. The molecule has 4 rings (SSSR count). The SMILES string of the molecule is O=C(C[C@@H](c1ccc(Cl)cc1)n1cccc1)N1CC[C@@]2(O)CCCC[C@H]2C1. The van der Waals surface area contributed by atoms with Crippen molar-refractivity contribution in [2.24, 2.45) is 5.92 Å². The Hall–Kier alpha value is -1.78. The third kappa shape index (κ3) is 3.92. The van der Waals surface area contributed by atoms with Gasteiger partial charge < -0.3 is 14.6 Å². The summed E-state index contributed by atoms with van der Waals surface area (Å²) in [6.07, 6.45) is 9.30. The van der Waals surface area contributed by atoms with Crippen LogP contribution in [0.15, 0.2) is 48.8 Å². The molecule has 1 amide bonds. The van der Waals surface area contributed by atoms with Crippen LogP contribution in [-0.4, -0.2) is 39.2 Å². The van der Waals surface area contributed by atoms with Gasteiger partial charge in [0.15, 0.2) is 0 Å². The third-order valence-electron chi connectivity index (χ3n) is 6.39. The van der Waals surface area contributed by atoms with Crippen molar-refractivity contribution < 1.29 is 9.90 Å². The molecule has 1 aliphatic heterocycles. The molecule has 1 aromatic heterocycles. The van der Waals surface area contributed by atoms with Crippen molar-refractivity contribution in [3.05, 3.63) is 59.4 Å². The molecule has 2 aromatic rings. The molecular formula is C22H27ClN2O2. The lowest BCUT2D eigenvalue weighted by Gasteiger charge is -2.47. The van der Waals surface area contributed by atoms with E-state index in [-0.39, 0.29) is 17.9 Å². The highest BCUT2D eigenvalue weighted by Crippen LogP contribution is 2.40. The van der Waals surface area contributed by atoms with E-state index in [0.717, 1.165) is 31.2 Å². The minimum Gasteiger partial charge on any atom is -0.389 e. The standard InChI is InChI=1S/C22H27ClN2O2/c23-19-8-6-17(7-9-19)20(24-12-3-4-13-24)15-21(26)25-14-11-22(27)10-2-1-5-18(22)16-25/h3-4,6-9,12-13,18,20,27H,1-2,5,10-11,14-16H2/t18-,20-,22-/m0/s1. The van der Waals surface area contributed by atoms with Crippen molar-refractivity contribution in [3.8, 4) is 0 Å². The Morgan fingerprint density at radius 3 is 2.67 bits per heavy atom. The van der Waals surface area contributed by atoms with Gasteiger partial charge in [0.05, 0.1) is 18.1 Å². The van der Waals surface area contributed by atoms with Gasteiger partial charge in [0.2, 0.25) is 5.91 Å². The van der Waals surface area contributed by atoms with Crippen molar-refractivity contribution in [3.63, 3.8) is 0 Å². The van der Waals surface area contributed by atoms with E-state index in [9.17, 15) is 9.90 Å². The molecule has 0 bridgehead atoms. The number of piperidine rings is 1. The minimum atomic E-state index is -0.551. The molecule has 1 saturated heterocycles. The topological polar surface area (TPSA) is 45.5 Å². The predicted octanol–water partition coefficient (Wildman–Crippen LogP) is 4.27. The Bertz CT molecular complexity index is 774. The van der Waals surface area contributed by atoms with Crippen LogP contribution in [0.25, 0.3) is 0 Å². The number of halogens is 1. The van der Waals surface area contributed by atoms with E-state index in [0.29, 0.717) is 31.0 Å². The Labute approximate surface area is 165 Å². The number of hydrogen-bond acceptors (Lipinski definition) is 2. The summed E-state index contributed by atoms with van der Waals surface area (Å²) in [5.74, 6) is 0.390. The van der Waals surface area contributed by atoms with Gasteiger partial charge in [-0.3, -0.25) is 4.79 Å². The first-order chi connectivity index (χ1) is 13.0. The van der Waals surface area contributed by atoms with Gasteiger partial charge in [0.1, 0.15) is 0 Å². The summed E-state index contributed by atoms with van der Waals surface area (Å²) in [5, 5.41) is 11.6. The fourth-order valence-corrected chi connectivity index (χ4v) is 4.85. The average molecular weight is 387 g/mol. The van der Waals surface area contributed by atoms with Crippen LogP contribution in [0, 0.1) is 5.92 Å². The Morgan fingerprint density at radius 1 is 1.19 bits per heavy atom. The van der Waals surface area contributed by atoms with Gasteiger partial charge in [-0.2, -0.15) is 0 Å². The number of carbonyl (C=O) groups excluding carboxylic acids is 1. The number of fused-ring (bicyclic) bond motifs is 1. The van der Waals surface area contributed by atoms with Gasteiger partial charge in [0, 0.05) is 36.4 Å². The molecule has 1 N–H and O–H groups in total. The highest BCUT2D eigenvalue weighted by atomic mass is 35.5. The number of carbonyl (C=O) groups is 1. The van der Waals surface area contributed by atoms with Gasteiger partial charge in [-0.25, -0.2) is 0 Å². The van der Waals surface area contributed by atoms with Gasteiger partial charge in [-0.15, -0.1) is 0 Å². The van der Waals surface area contributed by atoms with Crippen LogP contribution >= 0.6 is 11.6 Å². The molecule has 144 valence electrons. The van der Waals surface area contributed by atoms with E-state index in [2.05, 4.69) is 4.57 Å². The number of amides is 1. The van der Waals surface area contributed by atoms with Crippen LogP contribution in [0.1, 0.15) is 50.1 Å². The van der Waals surface area contributed by atoms with E-state index in [4.69, 9.17) is 11.6 Å². The Morgan fingerprint density at radius 2 is 1.93 bits per heavy atom. The van der Waals surface area contributed by atoms with Crippen molar-refractivity contribution in [1.29, 1.82) is 0 Å². The number of nitrogens with zero attached hydrogens (tertiary/aromatic N) is 2. The molecule has 1 aliphatic carbocycles. The molecule has 2 heterocycles. The molecule has 4 nitrogen and oxygen atoms in total. The van der Waals surface area contributed by atoms with E-state index < -0.39 is 5.60 Å². The molecule has 5 heteroatoms. The number of hydrogen-bond donors (Lipinski definition) is 1. The van der Waals surface area contributed by atoms with Crippen LogP contribution in [0.3, 0.4) is 0 Å². The first kappa shape index (κ1) is 18.6. The monoisotopic (exact) mass is 386 g/mol. The summed E-state index contributed by atoms with van der Waals surface area (Å²) in [4.78, 5) is 15.1. The molecule has 0 radical (unpaired) electrons. The van der Waals surface area contributed by atoms with Crippen LogP contribution in [0.5, 0.6) is 0 Å². The lowest BCUT2D eigenvalue weighted by molar-refractivity contribution is -0.143. The molecule has 27 heavy (non-hydrogen) atoms. The lowest BCUT2D eigenvalue weighted by Crippen LogP contribution is -2.54. The number of likely N-dealkylation sites (tertiary alicyclic amines) is 1.